The monoisotopic (exact) mass is 344 g/mol. The number of imidazole rings is 1. The Morgan fingerprint density at radius 3 is 2.88 bits per heavy atom. The lowest BCUT2D eigenvalue weighted by Crippen LogP contribution is -2.11. The van der Waals surface area contributed by atoms with Crippen LogP contribution in [0.4, 0.5) is 10.7 Å². The van der Waals surface area contributed by atoms with Crippen molar-refractivity contribution in [3.8, 4) is 0 Å². The zero-order valence-corrected chi connectivity index (χ0v) is 13.3. The number of fused-ring (bicyclic) bond motifs is 1. The zero-order chi connectivity index (χ0) is 17.1. The van der Waals surface area contributed by atoms with Gasteiger partial charge in [-0.2, -0.15) is 0 Å². The second-order valence-corrected chi connectivity index (χ2v) is 5.82. The number of ether oxygens (including phenoxy) is 1. The van der Waals surface area contributed by atoms with Gasteiger partial charge in [0.15, 0.2) is 5.65 Å². The average molecular weight is 344 g/mol. The normalized spacial score (nSPS) is 10.5. The minimum absolute atomic E-state index is 0.221. The molecule has 3 aromatic rings. The van der Waals surface area contributed by atoms with Gasteiger partial charge in [-0.1, -0.05) is 17.8 Å². The van der Waals surface area contributed by atoms with Gasteiger partial charge in [-0.15, -0.1) is 0 Å². The van der Waals surface area contributed by atoms with Crippen LogP contribution in [0.15, 0.2) is 46.3 Å². The Kier molecular flexibility index (Phi) is 4.34. The number of pyridine rings is 1. The second kappa shape index (κ2) is 6.59. The molecule has 3 rings (SSSR count). The van der Waals surface area contributed by atoms with Crippen molar-refractivity contribution in [1.29, 1.82) is 0 Å². The third kappa shape index (κ3) is 3.46. The predicted octanol–water partition coefficient (Wildman–Crippen LogP) is 2.99. The van der Waals surface area contributed by atoms with Crippen LogP contribution in [0.3, 0.4) is 0 Å². The molecule has 0 radical (unpaired) electrons. The number of nitrogens with one attached hydrogen (secondary N) is 2. The molecule has 0 unspecified atom stereocenters. The Balaban J connectivity index is 1.84. The van der Waals surface area contributed by atoms with Gasteiger partial charge in [0, 0.05) is 16.0 Å². The molecule has 0 aliphatic heterocycles. The number of carboxylic acids is 1. The van der Waals surface area contributed by atoms with Crippen molar-refractivity contribution in [3.63, 3.8) is 0 Å². The molecule has 0 atom stereocenters. The van der Waals surface area contributed by atoms with E-state index >= 15 is 0 Å². The minimum atomic E-state index is -0.975. The summed E-state index contributed by atoms with van der Waals surface area (Å²) in [7, 11) is 1.26. The molecule has 0 fully saturated rings. The van der Waals surface area contributed by atoms with Gasteiger partial charge in [0.05, 0.1) is 12.7 Å². The smallest absolute Gasteiger partial charge is 0.413 e. The molecule has 24 heavy (non-hydrogen) atoms. The molecule has 0 saturated carbocycles. The molecule has 3 N–H and O–H groups in total. The number of aromatic amines is 1. The number of anilines is 1. The summed E-state index contributed by atoms with van der Waals surface area (Å²) in [5.74, 6) is -0.740. The summed E-state index contributed by atoms with van der Waals surface area (Å²) in [6.07, 6.45) is 1.01. The van der Waals surface area contributed by atoms with Gasteiger partial charge in [-0.3, -0.25) is 5.32 Å². The van der Waals surface area contributed by atoms with Crippen LogP contribution in [0.1, 0.15) is 10.4 Å². The van der Waals surface area contributed by atoms with Crippen molar-refractivity contribution in [2.75, 3.05) is 12.4 Å². The van der Waals surface area contributed by atoms with E-state index in [1.807, 2.05) is 6.07 Å². The van der Waals surface area contributed by atoms with Crippen molar-refractivity contribution in [2.45, 2.75) is 9.79 Å². The summed E-state index contributed by atoms with van der Waals surface area (Å²) >= 11 is 1.37. The van der Waals surface area contributed by atoms with Crippen molar-refractivity contribution in [2.24, 2.45) is 0 Å². The number of amides is 1. The quantitative estimate of drug-likeness (QED) is 0.666. The van der Waals surface area contributed by atoms with E-state index in [-0.39, 0.29) is 11.5 Å². The molecular formula is C15H12N4O4S. The number of methoxy groups -OCH3 is 1. The molecule has 0 spiro atoms. The Morgan fingerprint density at radius 1 is 1.29 bits per heavy atom. The lowest BCUT2D eigenvalue weighted by Gasteiger charge is -2.02. The summed E-state index contributed by atoms with van der Waals surface area (Å²) in [6, 6.07) is 8.42. The lowest BCUT2D eigenvalue weighted by molar-refractivity contribution is 0.0696. The number of rotatable bonds is 4. The predicted molar refractivity (Wildman–Crippen MR) is 87.4 cm³/mol. The van der Waals surface area contributed by atoms with Gasteiger partial charge < -0.3 is 14.8 Å². The minimum Gasteiger partial charge on any atom is -0.478 e. The molecule has 8 nitrogen and oxygen atoms in total. The largest absolute Gasteiger partial charge is 0.478 e. The van der Waals surface area contributed by atoms with E-state index in [9.17, 15) is 9.59 Å². The maximum Gasteiger partial charge on any atom is 0.413 e. The third-order valence-corrected chi connectivity index (χ3v) is 3.98. The number of carbonyl (C=O) groups excluding carboxylic acids is 1. The fraction of sp³-hybridized carbons (Fsp3) is 0.0667. The third-order valence-electron chi connectivity index (χ3n) is 3.03. The number of nitrogens with zero attached hydrogens (tertiary/aromatic N) is 2. The molecule has 0 aliphatic carbocycles. The first kappa shape index (κ1) is 15.8. The van der Waals surface area contributed by atoms with Crippen LogP contribution in [-0.2, 0) is 4.74 Å². The van der Waals surface area contributed by atoms with Gasteiger partial charge in [0.1, 0.15) is 5.52 Å². The summed E-state index contributed by atoms with van der Waals surface area (Å²) in [5.41, 5.74) is 1.31. The first-order valence-electron chi connectivity index (χ1n) is 6.77. The molecule has 0 aliphatic rings. The van der Waals surface area contributed by atoms with Crippen LogP contribution < -0.4 is 5.32 Å². The molecule has 9 heteroatoms. The molecule has 0 saturated heterocycles. The van der Waals surface area contributed by atoms with Crippen molar-refractivity contribution >= 4 is 40.9 Å². The van der Waals surface area contributed by atoms with E-state index in [0.717, 1.165) is 9.79 Å². The zero-order valence-electron chi connectivity index (χ0n) is 12.4. The van der Waals surface area contributed by atoms with Gasteiger partial charge in [-0.05, 0) is 24.3 Å². The van der Waals surface area contributed by atoms with Crippen LogP contribution in [0, 0.1) is 0 Å². The van der Waals surface area contributed by atoms with Crippen LogP contribution in [0.25, 0.3) is 11.2 Å². The Hall–Kier alpha value is -3.07. The van der Waals surface area contributed by atoms with E-state index in [0.29, 0.717) is 11.2 Å². The van der Waals surface area contributed by atoms with Crippen molar-refractivity contribution in [3.05, 3.63) is 42.1 Å². The molecule has 1 amide bonds. The summed E-state index contributed by atoms with van der Waals surface area (Å²) < 4.78 is 4.50. The Bertz CT molecular complexity index is 925. The highest BCUT2D eigenvalue weighted by Gasteiger charge is 2.09. The maximum atomic E-state index is 11.2. The average Bonchev–Trinajstić information content (AvgIpc) is 2.96. The summed E-state index contributed by atoms with van der Waals surface area (Å²) in [5, 5.41) is 11.5. The molecule has 2 heterocycles. The summed E-state index contributed by atoms with van der Waals surface area (Å²) in [6.45, 7) is 0. The van der Waals surface area contributed by atoms with Crippen LogP contribution in [0.5, 0.6) is 0 Å². The Morgan fingerprint density at radius 2 is 2.12 bits per heavy atom. The van der Waals surface area contributed by atoms with E-state index in [2.05, 4.69) is 25.0 Å². The molecule has 1 aromatic carbocycles. The number of carbonyl (C=O) groups is 2. The van der Waals surface area contributed by atoms with Gasteiger partial charge in [-0.25, -0.2) is 19.6 Å². The van der Waals surface area contributed by atoms with Crippen molar-refractivity contribution < 1.29 is 19.4 Å². The van der Waals surface area contributed by atoms with E-state index in [4.69, 9.17) is 5.11 Å². The standard InChI is InChI=1S/C15H12N4O4S/c1-23-15(22)19-14-17-11-6-10(7-16-12(11)18-14)24-9-4-2-3-8(5-9)13(20)21/h2-7H,1H3,(H,20,21)(H2,16,17,18,19,22). The second-order valence-electron chi connectivity index (χ2n) is 4.68. The van der Waals surface area contributed by atoms with Gasteiger partial charge in [0.25, 0.3) is 0 Å². The van der Waals surface area contributed by atoms with E-state index < -0.39 is 12.1 Å². The number of H-pyrrole nitrogens is 1. The highest BCUT2D eigenvalue weighted by atomic mass is 32.2. The number of aromatic carboxylic acids is 1. The van der Waals surface area contributed by atoms with Crippen molar-refractivity contribution in [1.82, 2.24) is 15.0 Å². The number of hydrogen-bond acceptors (Lipinski definition) is 6. The molecule has 0 bridgehead atoms. The Labute approximate surface area is 140 Å². The van der Waals surface area contributed by atoms with Crippen LogP contribution in [-0.4, -0.2) is 39.2 Å². The fourth-order valence-corrected chi connectivity index (χ4v) is 2.85. The van der Waals surface area contributed by atoms with Crippen LogP contribution in [0.2, 0.25) is 0 Å². The highest BCUT2D eigenvalue weighted by Crippen LogP contribution is 2.29. The first-order valence-corrected chi connectivity index (χ1v) is 7.59. The topological polar surface area (TPSA) is 117 Å². The van der Waals surface area contributed by atoms with E-state index in [1.165, 1.54) is 24.9 Å². The SMILES string of the molecule is COC(=O)Nc1nc2cc(Sc3cccc(C(=O)O)c3)cnc2[nH]1. The van der Waals surface area contributed by atoms with Gasteiger partial charge in [0.2, 0.25) is 5.95 Å². The summed E-state index contributed by atoms with van der Waals surface area (Å²) in [4.78, 5) is 35.1. The number of carboxylic acid groups (broad SMARTS) is 1. The molecular weight excluding hydrogens is 332 g/mol. The maximum absolute atomic E-state index is 11.2. The van der Waals surface area contributed by atoms with Crippen LogP contribution >= 0.6 is 11.8 Å². The number of hydrogen-bond donors (Lipinski definition) is 3. The highest BCUT2D eigenvalue weighted by molar-refractivity contribution is 7.99. The molecule has 2 aromatic heterocycles. The van der Waals surface area contributed by atoms with Gasteiger partial charge >= 0.3 is 12.1 Å². The number of benzene rings is 1. The number of aromatic nitrogens is 3. The first-order chi connectivity index (χ1) is 11.5. The molecule has 122 valence electrons. The van der Waals surface area contributed by atoms with E-state index in [1.54, 1.807) is 24.4 Å². The lowest BCUT2D eigenvalue weighted by atomic mass is 10.2. The fourth-order valence-electron chi connectivity index (χ4n) is 1.97.